The molecule has 2 heterocycles. The summed E-state index contributed by atoms with van der Waals surface area (Å²) in [5.41, 5.74) is 3.56. The number of carbonyl (C=O) groups is 2. The number of ketones is 2. The number of hydrogen-bond acceptors (Lipinski definition) is 4. The summed E-state index contributed by atoms with van der Waals surface area (Å²) < 4.78 is 0. The molecule has 3 aromatic rings. The highest BCUT2D eigenvalue weighted by molar-refractivity contribution is 6.32. The summed E-state index contributed by atoms with van der Waals surface area (Å²) >= 11 is 0. The predicted octanol–water partition coefficient (Wildman–Crippen LogP) is 4.00. The van der Waals surface area contributed by atoms with Crippen molar-refractivity contribution in [2.24, 2.45) is 0 Å². The van der Waals surface area contributed by atoms with E-state index in [-0.39, 0.29) is 11.6 Å². The zero-order valence-electron chi connectivity index (χ0n) is 14.4. The van der Waals surface area contributed by atoms with Gasteiger partial charge in [-0.25, -0.2) is 0 Å². The summed E-state index contributed by atoms with van der Waals surface area (Å²) in [5.74, 6) is -0.190. The fourth-order valence-electron chi connectivity index (χ4n) is 4.19. The number of piperidine rings is 1. The Morgan fingerprint density at radius 3 is 2.31 bits per heavy atom. The van der Waals surface area contributed by atoms with Crippen LogP contribution in [0.3, 0.4) is 0 Å². The van der Waals surface area contributed by atoms with Crippen LogP contribution < -0.4 is 4.90 Å². The normalized spacial score (nSPS) is 16.5. The molecule has 0 bridgehead atoms. The van der Waals surface area contributed by atoms with Crippen LogP contribution in [0.15, 0.2) is 48.7 Å². The number of nitrogens with zero attached hydrogens (tertiary/aromatic N) is 2. The number of pyridine rings is 1. The Morgan fingerprint density at radius 1 is 0.808 bits per heavy atom. The van der Waals surface area contributed by atoms with Gasteiger partial charge in [0.25, 0.3) is 0 Å². The molecule has 1 aromatic heterocycles. The number of anilines is 1. The van der Waals surface area contributed by atoms with Crippen molar-refractivity contribution >= 4 is 28.2 Å². The maximum atomic E-state index is 13.1. The smallest absolute Gasteiger partial charge is 0.196 e. The molecule has 128 valence electrons. The molecule has 0 amide bonds. The van der Waals surface area contributed by atoms with E-state index in [1.165, 1.54) is 6.42 Å². The van der Waals surface area contributed by atoms with E-state index < -0.39 is 0 Å². The summed E-state index contributed by atoms with van der Waals surface area (Å²) in [6.45, 7) is 1.95. The van der Waals surface area contributed by atoms with Crippen molar-refractivity contribution in [3.05, 3.63) is 70.9 Å². The zero-order chi connectivity index (χ0) is 17.7. The van der Waals surface area contributed by atoms with Gasteiger partial charge in [0.2, 0.25) is 0 Å². The van der Waals surface area contributed by atoms with Crippen LogP contribution in [0.4, 0.5) is 5.69 Å². The number of carbonyl (C=O) groups excluding carboxylic acids is 2. The van der Waals surface area contributed by atoms with Crippen molar-refractivity contribution in [2.75, 3.05) is 18.0 Å². The first-order valence-electron chi connectivity index (χ1n) is 9.11. The molecule has 26 heavy (non-hydrogen) atoms. The van der Waals surface area contributed by atoms with Gasteiger partial charge in [0.15, 0.2) is 11.6 Å². The van der Waals surface area contributed by atoms with Crippen LogP contribution in [-0.2, 0) is 0 Å². The van der Waals surface area contributed by atoms with E-state index in [1.807, 2.05) is 18.2 Å². The molecular formula is C22H18N2O2. The molecule has 2 aliphatic rings. The molecule has 0 saturated carbocycles. The van der Waals surface area contributed by atoms with Gasteiger partial charge in [-0.3, -0.25) is 14.6 Å². The molecule has 0 radical (unpaired) electrons. The molecule has 5 rings (SSSR count). The number of fused-ring (bicyclic) bond motifs is 4. The van der Waals surface area contributed by atoms with Gasteiger partial charge in [0.05, 0.1) is 11.1 Å². The highest BCUT2D eigenvalue weighted by Gasteiger charge is 2.33. The fourth-order valence-corrected chi connectivity index (χ4v) is 4.19. The fraction of sp³-hybridized carbons (Fsp3) is 0.227. The lowest BCUT2D eigenvalue weighted by Gasteiger charge is -2.31. The largest absolute Gasteiger partial charge is 0.371 e. The van der Waals surface area contributed by atoms with Crippen LogP contribution in [0.25, 0.3) is 10.9 Å². The monoisotopic (exact) mass is 342 g/mol. The summed E-state index contributed by atoms with van der Waals surface area (Å²) in [6.07, 6.45) is 5.23. The van der Waals surface area contributed by atoms with E-state index in [0.29, 0.717) is 27.8 Å². The SMILES string of the molecule is O=C1c2ccccc2C(=O)c2c1cc(N1CCCCC1)c1cccnc21. The number of rotatable bonds is 1. The minimum Gasteiger partial charge on any atom is -0.371 e. The second-order valence-corrected chi connectivity index (χ2v) is 6.97. The number of aromatic nitrogens is 1. The second kappa shape index (κ2) is 5.77. The van der Waals surface area contributed by atoms with E-state index in [0.717, 1.165) is 37.0 Å². The van der Waals surface area contributed by atoms with E-state index in [9.17, 15) is 9.59 Å². The van der Waals surface area contributed by atoms with Gasteiger partial charge in [-0.15, -0.1) is 0 Å². The van der Waals surface area contributed by atoms with E-state index in [4.69, 9.17) is 0 Å². The van der Waals surface area contributed by atoms with Gasteiger partial charge in [-0.1, -0.05) is 24.3 Å². The van der Waals surface area contributed by atoms with E-state index in [1.54, 1.807) is 30.5 Å². The molecule has 1 aliphatic carbocycles. The Hall–Kier alpha value is -3.01. The molecule has 1 aliphatic heterocycles. The minimum absolute atomic E-state index is 0.0824. The third-order valence-electron chi connectivity index (χ3n) is 5.46. The standard InChI is InChI=1S/C22H18N2O2/c25-21-14-7-2-3-8-15(14)22(26)19-17(21)13-18(24-11-4-1-5-12-24)16-9-6-10-23-20(16)19/h2-3,6-10,13H,1,4-5,11-12H2. The van der Waals surface area contributed by atoms with Crippen molar-refractivity contribution in [1.29, 1.82) is 0 Å². The minimum atomic E-state index is -0.107. The summed E-state index contributed by atoms with van der Waals surface area (Å²) in [7, 11) is 0. The quantitative estimate of drug-likeness (QED) is 0.525. The predicted molar refractivity (Wildman–Crippen MR) is 101 cm³/mol. The van der Waals surface area contributed by atoms with Gasteiger partial charge >= 0.3 is 0 Å². The first kappa shape index (κ1) is 15.3. The highest BCUT2D eigenvalue weighted by Crippen LogP contribution is 2.37. The van der Waals surface area contributed by atoms with E-state index >= 15 is 0 Å². The van der Waals surface area contributed by atoms with Crippen LogP contribution in [-0.4, -0.2) is 29.6 Å². The molecule has 0 unspecified atom stereocenters. The van der Waals surface area contributed by atoms with Crippen LogP contribution in [0.5, 0.6) is 0 Å². The maximum Gasteiger partial charge on any atom is 0.196 e. The first-order chi connectivity index (χ1) is 12.8. The lowest BCUT2D eigenvalue weighted by atomic mass is 9.82. The Balaban J connectivity index is 1.81. The Labute approximate surface area is 151 Å². The van der Waals surface area contributed by atoms with Crippen molar-refractivity contribution in [3.8, 4) is 0 Å². The lowest BCUT2D eigenvalue weighted by Crippen LogP contribution is -2.30. The van der Waals surface area contributed by atoms with Crippen molar-refractivity contribution in [1.82, 2.24) is 4.98 Å². The molecular weight excluding hydrogens is 324 g/mol. The van der Waals surface area contributed by atoms with Gasteiger partial charge in [0.1, 0.15) is 0 Å². The number of benzene rings is 2. The summed E-state index contributed by atoms with van der Waals surface area (Å²) in [4.78, 5) is 33.1. The molecule has 4 heteroatoms. The van der Waals surface area contributed by atoms with Crippen molar-refractivity contribution in [2.45, 2.75) is 19.3 Å². The Kier molecular flexibility index (Phi) is 3.38. The van der Waals surface area contributed by atoms with Gasteiger partial charge in [0, 0.05) is 47.1 Å². The third kappa shape index (κ3) is 2.11. The molecule has 4 nitrogen and oxygen atoms in total. The molecule has 1 saturated heterocycles. The molecule has 0 spiro atoms. The zero-order valence-corrected chi connectivity index (χ0v) is 14.4. The van der Waals surface area contributed by atoms with Crippen LogP contribution >= 0.6 is 0 Å². The Morgan fingerprint density at radius 2 is 1.54 bits per heavy atom. The van der Waals surface area contributed by atoms with Gasteiger partial charge in [-0.2, -0.15) is 0 Å². The second-order valence-electron chi connectivity index (χ2n) is 6.97. The van der Waals surface area contributed by atoms with E-state index in [2.05, 4.69) is 9.88 Å². The first-order valence-corrected chi connectivity index (χ1v) is 9.11. The van der Waals surface area contributed by atoms with Crippen LogP contribution in [0.2, 0.25) is 0 Å². The summed E-state index contributed by atoms with van der Waals surface area (Å²) in [6, 6.07) is 12.9. The highest BCUT2D eigenvalue weighted by atomic mass is 16.1. The average molecular weight is 342 g/mol. The summed E-state index contributed by atoms with van der Waals surface area (Å²) in [5, 5.41) is 0.952. The van der Waals surface area contributed by atoms with Crippen molar-refractivity contribution in [3.63, 3.8) is 0 Å². The topological polar surface area (TPSA) is 50.3 Å². The molecule has 2 aromatic carbocycles. The maximum absolute atomic E-state index is 13.1. The number of hydrogen-bond donors (Lipinski definition) is 0. The van der Waals surface area contributed by atoms with Crippen LogP contribution in [0.1, 0.15) is 51.1 Å². The third-order valence-corrected chi connectivity index (χ3v) is 5.46. The molecule has 0 atom stereocenters. The van der Waals surface area contributed by atoms with Crippen molar-refractivity contribution < 1.29 is 9.59 Å². The lowest BCUT2D eigenvalue weighted by molar-refractivity contribution is 0.0980. The average Bonchev–Trinajstić information content (AvgIpc) is 2.71. The molecule has 0 N–H and O–H groups in total. The van der Waals surface area contributed by atoms with Crippen LogP contribution in [0, 0.1) is 0 Å². The van der Waals surface area contributed by atoms with Gasteiger partial charge < -0.3 is 4.90 Å². The van der Waals surface area contributed by atoms with Gasteiger partial charge in [-0.05, 0) is 37.5 Å². The molecule has 1 fully saturated rings. The Bertz CT molecular complexity index is 1060.